The van der Waals surface area contributed by atoms with Gasteiger partial charge in [-0.05, 0) is 32.1 Å². The number of hydrogen-bond acceptors (Lipinski definition) is 3. The fraction of sp³-hybridized carbons (Fsp3) is 0.950. The smallest absolute Gasteiger partial charge is 0.132 e. The van der Waals surface area contributed by atoms with Gasteiger partial charge in [-0.15, -0.1) is 0 Å². The van der Waals surface area contributed by atoms with E-state index < -0.39 is 0 Å². The Kier molecular flexibility index (Phi) is 17.6. The van der Waals surface area contributed by atoms with Gasteiger partial charge in [0, 0.05) is 19.4 Å². The van der Waals surface area contributed by atoms with Gasteiger partial charge in [-0.1, -0.05) is 65.2 Å². The molecule has 0 amide bonds. The number of carbonyl (C=O) groups excluding carboxylic acids is 1. The number of nitrogens with two attached hydrogens (primary N) is 1. The highest BCUT2D eigenvalue weighted by atomic mass is 16.5. The lowest BCUT2D eigenvalue weighted by Gasteiger charge is -2.12. The van der Waals surface area contributed by atoms with Gasteiger partial charge in [-0.3, -0.25) is 4.79 Å². The first-order chi connectivity index (χ1) is 11.2. The summed E-state index contributed by atoms with van der Waals surface area (Å²) >= 11 is 0. The lowest BCUT2D eigenvalue weighted by atomic mass is 10.1. The van der Waals surface area contributed by atoms with Crippen LogP contribution in [0.25, 0.3) is 0 Å². The van der Waals surface area contributed by atoms with Crippen LogP contribution in [0, 0.1) is 0 Å². The maximum Gasteiger partial charge on any atom is 0.132 e. The third-order valence-corrected chi connectivity index (χ3v) is 4.33. The molecule has 138 valence electrons. The van der Waals surface area contributed by atoms with E-state index in [2.05, 4.69) is 13.8 Å². The van der Waals surface area contributed by atoms with Gasteiger partial charge in [0.1, 0.15) is 12.0 Å². The van der Waals surface area contributed by atoms with Crippen LogP contribution >= 0.6 is 0 Å². The molecule has 0 aromatic rings. The second kappa shape index (κ2) is 17.9. The van der Waals surface area contributed by atoms with Crippen LogP contribution in [0.5, 0.6) is 0 Å². The van der Waals surface area contributed by atoms with Crippen molar-refractivity contribution in [2.24, 2.45) is 5.73 Å². The van der Waals surface area contributed by atoms with Crippen LogP contribution in [0.3, 0.4) is 0 Å². The van der Waals surface area contributed by atoms with E-state index in [0.29, 0.717) is 5.78 Å². The summed E-state index contributed by atoms with van der Waals surface area (Å²) in [5.41, 5.74) is 5.96. The highest BCUT2D eigenvalue weighted by molar-refractivity contribution is 5.78. The van der Waals surface area contributed by atoms with Crippen LogP contribution < -0.4 is 5.73 Å². The summed E-state index contributed by atoms with van der Waals surface area (Å²) in [6.07, 6.45) is 16.8. The molecule has 0 aliphatic rings. The Labute approximate surface area is 144 Å². The molecular formula is C20H41NO2. The van der Waals surface area contributed by atoms with E-state index in [4.69, 9.17) is 10.5 Å². The van der Waals surface area contributed by atoms with Crippen molar-refractivity contribution in [3.8, 4) is 0 Å². The first-order valence-electron chi connectivity index (χ1n) is 10.1. The first-order valence-corrected chi connectivity index (χ1v) is 10.1. The van der Waals surface area contributed by atoms with Crippen molar-refractivity contribution in [2.75, 3.05) is 6.61 Å². The number of ketones is 1. The lowest BCUT2D eigenvalue weighted by Crippen LogP contribution is -2.24. The summed E-state index contributed by atoms with van der Waals surface area (Å²) in [7, 11) is 0. The quantitative estimate of drug-likeness (QED) is 0.258. The molecule has 0 aromatic carbocycles. The fourth-order valence-corrected chi connectivity index (χ4v) is 2.72. The van der Waals surface area contributed by atoms with Gasteiger partial charge in [0.05, 0.1) is 0 Å². The van der Waals surface area contributed by atoms with Gasteiger partial charge in [-0.2, -0.15) is 0 Å². The molecule has 0 fully saturated rings. The van der Waals surface area contributed by atoms with E-state index in [1.807, 2.05) is 0 Å². The zero-order valence-corrected chi connectivity index (χ0v) is 15.8. The molecule has 0 spiro atoms. The Hall–Kier alpha value is -0.410. The minimum absolute atomic E-state index is 0.0761. The molecule has 0 radical (unpaired) electrons. The Bertz CT molecular complexity index is 256. The number of rotatable bonds is 18. The molecule has 23 heavy (non-hydrogen) atoms. The van der Waals surface area contributed by atoms with E-state index in [1.54, 1.807) is 0 Å². The Morgan fingerprint density at radius 1 is 0.783 bits per heavy atom. The fourth-order valence-electron chi connectivity index (χ4n) is 2.72. The Balaban J connectivity index is 3.21. The van der Waals surface area contributed by atoms with Crippen molar-refractivity contribution in [3.63, 3.8) is 0 Å². The SMILES string of the molecule is CCCCCCCC(N)OCCCCCCCC(=O)CCCC. The molecule has 0 saturated carbocycles. The van der Waals surface area contributed by atoms with Gasteiger partial charge in [0.2, 0.25) is 0 Å². The molecule has 0 rings (SSSR count). The molecule has 0 aromatic heterocycles. The van der Waals surface area contributed by atoms with Crippen molar-refractivity contribution >= 4 is 5.78 Å². The van der Waals surface area contributed by atoms with Gasteiger partial charge < -0.3 is 10.5 Å². The van der Waals surface area contributed by atoms with Crippen molar-refractivity contribution in [1.29, 1.82) is 0 Å². The Morgan fingerprint density at radius 2 is 1.35 bits per heavy atom. The first kappa shape index (κ1) is 22.6. The molecule has 0 saturated heterocycles. The van der Waals surface area contributed by atoms with Crippen molar-refractivity contribution in [2.45, 2.75) is 116 Å². The minimum Gasteiger partial charge on any atom is -0.364 e. The molecular weight excluding hydrogens is 286 g/mol. The Morgan fingerprint density at radius 3 is 2.09 bits per heavy atom. The summed E-state index contributed by atoms with van der Waals surface area (Å²) in [6, 6.07) is 0. The largest absolute Gasteiger partial charge is 0.364 e. The number of ether oxygens (including phenoxy) is 1. The number of Topliss-reactive ketones (excluding diaryl/α,β-unsaturated/α-hetero) is 1. The standard InChI is InChI=1S/C20H41NO2/c1-3-5-7-9-13-17-20(21)23-18-14-11-8-10-12-16-19(22)15-6-4-2/h20H,3-18,21H2,1-2H3. The predicted molar refractivity (Wildman–Crippen MR) is 99.5 cm³/mol. The summed E-state index contributed by atoms with van der Waals surface area (Å²) in [5.74, 6) is 0.445. The average Bonchev–Trinajstić information content (AvgIpc) is 2.55. The van der Waals surface area contributed by atoms with Crippen LogP contribution in [-0.4, -0.2) is 18.6 Å². The summed E-state index contributed by atoms with van der Waals surface area (Å²) in [5, 5.41) is 0. The topological polar surface area (TPSA) is 52.3 Å². The number of unbranched alkanes of at least 4 members (excludes halogenated alkanes) is 9. The zero-order chi connectivity index (χ0) is 17.2. The monoisotopic (exact) mass is 327 g/mol. The maximum absolute atomic E-state index is 11.5. The molecule has 0 bridgehead atoms. The van der Waals surface area contributed by atoms with Crippen LogP contribution in [0.15, 0.2) is 0 Å². The van der Waals surface area contributed by atoms with Crippen LogP contribution in [0.2, 0.25) is 0 Å². The highest BCUT2D eigenvalue weighted by Crippen LogP contribution is 2.10. The molecule has 0 aliphatic carbocycles. The van der Waals surface area contributed by atoms with E-state index in [9.17, 15) is 4.79 Å². The maximum atomic E-state index is 11.5. The van der Waals surface area contributed by atoms with E-state index in [0.717, 1.165) is 51.6 Å². The third kappa shape index (κ3) is 17.8. The number of hydrogen-bond donors (Lipinski definition) is 1. The number of carbonyl (C=O) groups is 1. The molecule has 1 atom stereocenters. The van der Waals surface area contributed by atoms with E-state index >= 15 is 0 Å². The molecule has 0 aliphatic heterocycles. The van der Waals surface area contributed by atoms with Crippen LogP contribution in [0.1, 0.15) is 110 Å². The molecule has 2 N–H and O–H groups in total. The highest BCUT2D eigenvalue weighted by Gasteiger charge is 2.03. The normalized spacial score (nSPS) is 12.5. The second-order valence-corrected chi connectivity index (χ2v) is 6.77. The molecule has 1 unspecified atom stereocenters. The van der Waals surface area contributed by atoms with Crippen molar-refractivity contribution in [3.05, 3.63) is 0 Å². The van der Waals surface area contributed by atoms with E-state index in [1.165, 1.54) is 51.4 Å². The van der Waals surface area contributed by atoms with Crippen molar-refractivity contribution < 1.29 is 9.53 Å². The molecule has 3 heteroatoms. The lowest BCUT2D eigenvalue weighted by molar-refractivity contribution is -0.119. The summed E-state index contributed by atoms with van der Waals surface area (Å²) in [4.78, 5) is 11.5. The van der Waals surface area contributed by atoms with E-state index in [-0.39, 0.29) is 6.23 Å². The average molecular weight is 328 g/mol. The van der Waals surface area contributed by atoms with Crippen LogP contribution in [0.4, 0.5) is 0 Å². The zero-order valence-electron chi connectivity index (χ0n) is 15.8. The second-order valence-electron chi connectivity index (χ2n) is 6.77. The third-order valence-electron chi connectivity index (χ3n) is 4.33. The van der Waals surface area contributed by atoms with Gasteiger partial charge in [0.15, 0.2) is 0 Å². The van der Waals surface area contributed by atoms with Crippen LogP contribution in [-0.2, 0) is 9.53 Å². The van der Waals surface area contributed by atoms with Gasteiger partial charge in [0.25, 0.3) is 0 Å². The molecule has 0 heterocycles. The minimum atomic E-state index is -0.0761. The predicted octanol–water partition coefficient (Wildman–Crippen LogP) is 5.75. The van der Waals surface area contributed by atoms with Gasteiger partial charge >= 0.3 is 0 Å². The van der Waals surface area contributed by atoms with Crippen molar-refractivity contribution in [1.82, 2.24) is 0 Å². The van der Waals surface area contributed by atoms with Gasteiger partial charge in [-0.25, -0.2) is 0 Å². The summed E-state index contributed by atoms with van der Waals surface area (Å²) in [6.45, 7) is 5.15. The molecule has 3 nitrogen and oxygen atoms in total. The summed E-state index contributed by atoms with van der Waals surface area (Å²) < 4.78 is 5.66.